The van der Waals surface area contributed by atoms with Crippen molar-refractivity contribution in [2.45, 2.75) is 12.8 Å². The lowest BCUT2D eigenvalue weighted by molar-refractivity contribution is -0.137. The number of halogens is 2. The number of benzene rings is 2. The summed E-state index contributed by atoms with van der Waals surface area (Å²) in [5, 5.41) is 9.32. The third-order valence-corrected chi connectivity index (χ3v) is 3.19. The molecule has 0 aliphatic rings. The van der Waals surface area contributed by atoms with Crippen molar-refractivity contribution in [3.05, 3.63) is 65.2 Å². The number of ether oxygens (including phenoxy) is 1. The van der Waals surface area contributed by atoms with Crippen molar-refractivity contribution in [1.29, 1.82) is 0 Å². The molecule has 1 atom stereocenters. The van der Waals surface area contributed by atoms with Crippen LogP contribution in [0.2, 0.25) is 0 Å². The average Bonchev–Trinajstić information content (AvgIpc) is 2.51. The van der Waals surface area contributed by atoms with Gasteiger partial charge in [-0.2, -0.15) is 0 Å². The zero-order valence-corrected chi connectivity index (χ0v) is 12.5. The molecule has 24 heavy (non-hydrogen) atoms. The Balaban J connectivity index is 2.34. The predicted octanol–water partition coefficient (Wildman–Crippen LogP) is 2.94. The largest absolute Gasteiger partial charge is 0.480 e. The van der Waals surface area contributed by atoms with E-state index in [2.05, 4.69) is 0 Å². The molecule has 0 saturated heterocycles. The van der Waals surface area contributed by atoms with Gasteiger partial charge in [-0.1, -0.05) is 12.1 Å². The molecule has 2 aromatic rings. The lowest BCUT2D eigenvalue weighted by Gasteiger charge is -2.12. The summed E-state index contributed by atoms with van der Waals surface area (Å²) in [6, 6.07) is 7.73. The van der Waals surface area contributed by atoms with Crippen molar-refractivity contribution < 1.29 is 33.0 Å². The molecule has 2 aromatic carbocycles. The number of esters is 1. The lowest BCUT2D eigenvalue weighted by Crippen LogP contribution is -2.22. The van der Waals surface area contributed by atoms with E-state index in [4.69, 9.17) is 4.74 Å². The molecule has 0 saturated carbocycles. The summed E-state index contributed by atoms with van der Waals surface area (Å²) in [5.41, 5.74) is -0.140. The third-order valence-electron chi connectivity index (χ3n) is 3.19. The van der Waals surface area contributed by atoms with Crippen LogP contribution in [0.3, 0.4) is 0 Å². The Labute approximate surface area is 135 Å². The van der Waals surface area contributed by atoms with Gasteiger partial charge >= 0.3 is 11.9 Å². The van der Waals surface area contributed by atoms with Crippen LogP contribution in [0, 0.1) is 11.6 Å². The Hall–Kier alpha value is -3.09. The first kappa shape index (κ1) is 17.3. The maximum atomic E-state index is 13.3. The van der Waals surface area contributed by atoms with Crippen LogP contribution in [0.4, 0.5) is 8.78 Å². The fourth-order valence-corrected chi connectivity index (χ4v) is 2.12. The predicted molar refractivity (Wildman–Crippen MR) is 78.8 cm³/mol. The van der Waals surface area contributed by atoms with Gasteiger partial charge in [0, 0.05) is 12.5 Å². The van der Waals surface area contributed by atoms with Crippen LogP contribution in [0.1, 0.15) is 28.8 Å². The van der Waals surface area contributed by atoms with Gasteiger partial charge < -0.3 is 9.84 Å². The molecule has 0 amide bonds. The Bertz CT molecular complexity index is 799. The first-order chi connectivity index (χ1) is 11.3. The number of carbonyl (C=O) groups excluding carboxylic acids is 2. The molecule has 124 valence electrons. The van der Waals surface area contributed by atoms with Gasteiger partial charge in [-0.05, 0) is 35.9 Å². The maximum absolute atomic E-state index is 13.3. The van der Waals surface area contributed by atoms with Crippen LogP contribution in [0.15, 0.2) is 42.5 Å². The zero-order chi connectivity index (χ0) is 17.9. The highest BCUT2D eigenvalue weighted by atomic mass is 19.2. The molecule has 1 N–H and O–H groups in total. The number of aliphatic carboxylic acids is 1. The van der Waals surface area contributed by atoms with Gasteiger partial charge in [0.1, 0.15) is 11.7 Å². The molecule has 1 unspecified atom stereocenters. The molecular weight excluding hydrogens is 322 g/mol. The Morgan fingerprint density at radius 3 is 2.12 bits per heavy atom. The van der Waals surface area contributed by atoms with E-state index in [0.717, 1.165) is 12.1 Å². The van der Waals surface area contributed by atoms with Gasteiger partial charge in [-0.25, -0.2) is 8.78 Å². The third kappa shape index (κ3) is 3.81. The highest BCUT2D eigenvalue weighted by Gasteiger charge is 2.29. The Morgan fingerprint density at radius 1 is 1.00 bits per heavy atom. The highest BCUT2D eigenvalue weighted by molar-refractivity contribution is 6.12. The number of Topliss-reactive ketones (excluding diaryl/α,β-unsaturated/α-hetero) is 1. The summed E-state index contributed by atoms with van der Waals surface area (Å²) >= 11 is 0. The molecule has 0 aromatic heterocycles. The zero-order valence-electron chi connectivity index (χ0n) is 12.5. The highest BCUT2D eigenvalue weighted by Crippen LogP contribution is 2.25. The molecule has 0 radical (unpaired) electrons. The van der Waals surface area contributed by atoms with Crippen LogP contribution >= 0.6 is 0 Å². The molecule has 5 nitrogen and oxygen atoms in total. The number of hydrogen-bond acceptors (Lipinski definition) is 4. The Morgan fingerprint density at radius 2 is 1.62 bits per heavy atom. The molecule has 0 aliphatic carbocycles. The van der Waals surface area contributed by atoms with Crippen molar-refractivity contribution in [1.82, 2.24) is 0 Å². The minimum absolute atomic E-state index is 0.119. The van der Waals surface area contributed by atoms with Gasteiger partial charge in [0.15, 0.2) is 17.4 Å². The summed E-state index contributed by atoms with van der Waals surface area (Å²) in [6.07, 6.45) is 0. The SMILES string of the molecule is CC(=O)Oc1ccc(C(C(=O)O)C(=O)c2ccc(F)c(F)c2)cc1. The number of rotatable bonds is 5. The molecular formula is C17H12F2O5. The van der Waals surface area contributed by atoms with E-state index in [1.54, 1.807) is 0 Å². The summed E-state index contributed by atoms with van der Waals surface area (Å²) in [4.78, 5) is 34.7. The van der Waals surface area contributed by atoms with Gasteiger partial charge in [0.25, 0.3) is 0 Å². The van der Waals surface area contributed by atoms with Crippen molar-refractivity contribution in [2.75, 3.05) is 0 Å². The van der Waals surface area contributed by atoms with Crippen LogP contribution in [-0.2, 0) is 9.59 Å². The van der Waals surface area contributed by atoms with Crippen molar-refractivity contribution in [3.63, 3.8) is 0 Å². The smallest absolute Gasteiger partial charge is 0.318 e. The van der Waals surface area contributed by atoms with Gasteiger partial charge in [0.2, 0.25) is 0 Å². The minimum Gasteiger partial charge on any atom is -0.480 e. The Kier molecular flexibility index (Phi) is 5.03. The average molecular weight is 334 g/mol. The first-order valence-electron chi connectivity index (χ1n) is 6.80. The second-order valence-electron chi connectivity index (χ2n) is 4.93. The van der Waals surface area contributed by atoms with Gasteiger partial charge in [0.05, 0.1) is 0 Å². The standard InChI is InChI=1S/C17H12F2O5/c1-9(20)24-12-5-2-10(3-6-12)15(17(22)23)16(21)11-4-7-13(18)14(19)8-11/h2-8,15H,1H3,(H,22,23). The topological polar surface area (TPSA) is 80.7 Å². The van der Waals surface area contributed by atoms with Crippen molar-refractivity contribution in [3.8, 4) is 5.75 Å². The van der Waals surface area contributed by atoms with E-state index in [1.165, 1.54) is 31.2 Å². The number of ketones is 1. The fraction of sp³-hybridized carbons (Fsp3) is 0.118. The number of hydrogen-bond donors (Lipinski definition) is 1. The summed E-state index contributed by atoms with van der Waals surface area (Å²) < 4.78 is 31.0. The molecule has 0 aliphatic heterocycles. The number of carboxylic acid groups (broad SMARTS) is 1. The summed E-state index contributed by atoms with van der Waals surface area (Å²) in [7, 11) is 0. The van der Waals surface area contributed by atoms with Crippen LogP contribution in [0.25, 0.3) is 0 Å². The normalized spacial score (nSPS) is 11.6. The van der Waals surface area contributed by atoms with Crippen LogP contribution in [-0.4, -0.2) is 22.8 Å². The molecule has 2 rings (SSSR count). The quantitative estimate of drug-likeness (QED) is 0.393. The van der Waals surface area contributed by atoms with E-state index in [1.807, 2.05) is 0 Å². The van der Waals surface area contributed by atoms with E-state index < -0.39 is 35.3 Å². The van der Waals surface area contributed by atoms with E-state index >= 15 is 0 Å². The molecule has 0 spiro atoms. The fourth-order valence-electron chi connectivity index (χ4n) is 2.12. The van der Waals surface area contributed by atoms with Crippen molar-refractivity contribution in [2.24, 2.45) is 0 Å². The van der Waals surface area contributed by atoms with E-state index in [9.17, 15) is 28.3 Å². The second-order valence-corrected chi connectivity index (χ2v) is 4.93. The van der Waals surface area contributed by atoms with E-state index in [0.29, 0.717) is 6.07 Å². The first-order valence-corrected chi connectivity index (χ1v) is 6.80. The maximum Gasteiger partial charge on any atom is 0.318 e. The second kappa shape index (κ2) is 6.99. The number of carbonyl (C=O) groups is 3. The van der Waals surface area contributed by atoms with Crippen molar-refractivity contribution >= 4 is 17.7 Å². The van der Waals surface area contributed by atoms with Gasteiger partial charge in [-0.3, -0.25) is 14.4 Å². The van der Waals surface area contributed by atoms with Crippen LogP contribution < -0.4 is 4.74 Å². The molecule has 0 bridgehead atoms. The molecule has 7 heteroatoms. The van der Waals surface area contributed by atoms with Gasteiger partial charge in [-0.15, -0.1) is 0 Å². The lowest BCUT2D eigenvalue weighted by atomic mass is 9.90. The summed E-state index contributed by atoms with van der Waals surface area (Å²) in [6.45, 7) is 1.21. The monoisotopic (exact) mass is 334 g/mol. The minimum atomic E-state index is -1.60. The summed E-state index contributed by atoms with van der Waals surface area (Å²) in [5.74, 6) is -6.65. The molecule has 0 heterocycles. The molecule has 0 fully saturated rings. The number of carboxylic acids is 1. The van der Waals surface area contributed by atoms with E-state index in [-0.39, 0.29) is 16.9 Å². The van der Waals surface area contributed by atoms with Crippen LogP contribution in [0.5, 0.6) is 5.75 Å².